The summed E-state index contributed by atoms with van der Waals surface area (Å²) in [6.45, 7) is 4.69. The van der Waals surface area contributed by atoms with Crippen LogP contribution < -0.4 is 24.8 Å². The molecule has 1 atom stereocenters. The van der Waals surface area contributed by atoms with Crippen LogP contribution in [0.15, 0.2) is 104 Å². The Morgan fingerprint density at radius 1 is 0.824 bits per heavy atom. The summed E-state index contributed by atoms with van der Waals surface area (Å²) in [5.74, 6) is 0. The molecule has 3 aliphatic carbocycles. The van der Waals surface area contributed by atoms with Crippen LogP contribution >= 0.6 is 0 Å². The van der Waals surface area contributed by atoms with Crippen molar-refractivity contribution in [1.82, 2.24) is 0 Å². The van der Waals surface area contributed by atoms with E-state index in [1.165, 1.54) is 56.1 Å². The van der Waals surface area contributed by atoms with E-state index in [0.717, 1.165) is 0 Å². The van der Waals surface area contributed by atoms with Crippen LogP contribution in [0.25, 0.3) is 0 Å². The maximum absolute atomic E-state index is 2.66. The normalized spacial score (nSPS) is 18.5. The molecule has 3 aliphatic rings. The Hall–Kier alpha value is -1.27. The minimum absolute atomic E-state index is 0. The molecule has 2 aromatic carbocycles. The molecule has 0 amide bonds. The van der Waals surface area contributed by atoms with Crippen LogP contribution in [-0.4, -0.2) is 3.21 Å². The standard InChI is InChI=1S/C13H10.C9H11.C9H13.2ClH.Zr/c1-3-7-12(8-4-1)11-13-9-5-2-6-10-13;1-2-5-9-7-3-6-8(9)4-1;1-3-8-6-5-7-9(8)4-2;;;/h1-10H;3,6-7H,1-2,4-5H2;6H,3-4,7H2,1-2H3;2*1H;/q;;;;;+2/p-2. The van der Waals surface area contributed by atoms with E-state index in [1.807, 2.05) is 3.28 Å². The Bertz CT molecular complexity index is 1110. The van der Waals surface area contributed by atoms with Crippen LogP contribution in [0, 0.1) is 0 Å². The molecular formula is C31H34Cl2Zr. The van der Waals surface area contributed by atoms with E-state index in [1.54, 1.807) is 25.5 Å². The van der Waals surface area contributed by atoms with Crippen molar-refractivity contribution in [3.8, 4) is 0 Å². The van der Waals surface area contributed by atoms with E-state index < -0.39 is 21.3 Å². The molecule has 0 heterocycles. The van der Waals surface area contributed by atoms with Crippen molar-refractivity contribution >= 4 is 3.21 Å². The van der Waals surface area contributed by atoms with Crippen LogP contribution in [0.2, 0.25) is 3.63 Å². The zero-order valence-corrected chi connectivity index (χ0v) is 24.3. The fourth-order valence-electron chi connectivity index (χ4n) is 5.88. The van der Waals surface area contributed by atoms with Gasteiger partial charge in [-0.05, 0) is 0 Å². The van der Waals surface area contributed by atoms with Gasteiger partial charge in [0.25, 0.3) is 0 Å². The predicted molar refractivity (Wildman–Crippen MR) is 135 cm³/mol. The van der Waals surface area contributed by atoms with Gasteiger partial charge in [-0.1, -0.05) is 0 Å². The topological polar surface area (TPSA) is 0 Å². The Balaban J connectivity index is 0.00000162. The zero-order valence-electron chi connectivity index (χ0n) is 20.3. The second-order valence-corrected chi connectivity index (χ2v) is 15.7. The van der Waals surface area contributed by atoms with Crippen molar-refractivity contribution in [2.45, 2.75) is 62.4 Å². The van der Waals surface area contributed by atoms with Crippen molar-refractivity contribution in [2.75, 3.05) is 0 Å². The predicted octanol–water partition coefficient (Wildman–Crippen LogP) is 2.51. The number of benzene rings is 2. The zero-order chi connectivity index (χ0) is 21.9. The van der Waals surface area contributed by atoms with Crippen LogP contribution in [-0.2, 0) is 21.3 Å². The fraction of sp³-hybridized carbons (Fsp3) is 0.323. The van der Waals surface area contributed by atoms with Gasteiger partial charge in [0.05, 0.1) is 0 Å². The van der Waals surface area contributed by atoms with Gasteiger partial charge in [-0.15, -0.1) is 0 Å². The molecule has 0 spiro atoms. The van der Waals surface area contributed by atoms with Crippen molar-refractivity contribution in [1.29, 1.82) is 0 Å². The van der Waals surface area contributed by atoms with Crippen LogP contribution in [0.3, 0.4) is 0 Å². The van der Waals surface area contributed by atoms with Gasteiger partial charge < -0.3 is 24.8 Å². The fourth-order valence-corrected chi connectivity index (χ4v) is 14.9. The molecule has 0 N–H and O–H groups in total. The molecule has 0 radical (unpaired) electrons. The third kappa shape index (κ3) is 5.43. The average molecular weight is 569 g/mol. The summed E-state index contributed by atoms with van der Waals surface area (Å²) in [4.78, 5) is 0. The molecule has 3 heteroatoms. The van der Waals surface area contributed by atoms with Gasteiger partial charge in [-0.3, -0.25) is 0 Å². The van der Waals surface area contributed by atoms with Crippen molar-refractivity contribution < 1.29 is 46.1 Å². The van der Waals surface area contributed by atoms with E-state index in [4.69, 9.17) is 0 Å². The minimum atomic E-state index is -2.31. The number of hydrogen-bond acceptors (Lipinski definition) is 0. The first-order valence-corrected chi connectivity index (χ1v) is 16.3. The molecule has 0 nitrogen and oxygen atoms in total. The van der Waals surface area contributed by atoms with Gasteiger partial charge >= 0.3 is 202 Å². The summed E-state index contributed by atoms with van der Waals surface area (Å²) < 4.78 is 4.20. The maximum atomic E-state index is 2.66. The molecule has 5 rings (SSSR count). The Morgan fingerprint density at radius 3 is 2.00 bits per heavy atom. The summed E-state index contributed by atoms with van der Waals surface area (Å²) >= 11 is -2.31. The molecule has 0 aliphatic heterocycles. The second-order valence-electron chi connectivity index (χ2n) is 9.30. The molecule has 0 saturated heterocycles. The van der Waals surface area contributed by atoms with Gasteiger partial charge in [0.2, 0.25) is 0 Å². The Labute approximate surface area is 225 Å². The molecular weight excluding hydrogens is 534 g/mol. The largest absolute Gasteiger partial charge is 1.00 e. The maximum Gasteiger partial charge on any atom is -1.00 e. The SMILES string of the molecule is CCC1=C(CC)C[C]([Zr+2](=[C](c2ccccc2)c2ccccc2)[CH]2C=CC3=C2CCCC3)=C1.[Cl-].[Cl-]. The van der Waals surface area contributed by atoms with E-state index in [0.29, 0.717) is 3.63 Å². The number of hydrogen-bond donors (Lipinski definition) is 0. The number of allylic oxidation sites excluding steroid dienone is 8. The van der Waals surface area contributed by atoms with Gasteiger partial charge in [-0.25, -0.2) is 0 Å². The van der Waals surface area contributed by atoms with Crippen molar-refractivity contribution in [3.05, 3.63) is 116 Å². The van der Waals surface area contributed by atoms with Crippen LogP contribution in [0.5, 0.6) is 0 Å². The van der Waals surface area contributed by atoms with E-state index in [2.05, 4.69) is 92.7 Å². The van der Waals surface area contributed by atoms with Gasteiger partial charge in [0, 0.05) is 0 Å². The third-order valence-electron chi connectivity index (χ3n) is 7.49. The molecule has 176 valence electrons. The van der Waals surface area contributed by atoms with Crippen molar-refractivity contribution in [3.63, 3.8) is 0 Å². The minimum Gasteiger partial charge on any atom is -1.00 e. The smallest absolute Gasteiger partial charge is 1.00 e. The molecule has 1 unspecified atom stereocenters. The summed E-state index contributed by atoms with van der Waals surface area (Å²) in [6, 6.07) is 22.7. The first-order chi connectivity index (χ1) is 15.8. The molecule has 0 saturated carbocycles. The second kappa shape index (κ2) is 12.6. The van der Waals surface area contributed by atoms with Crippen molar-refractivity contribution in [2.24, 2.45) is 0 Å². The van der Waals surface area contributed by atoms with E-state index in [-0.39, 0.29) is 24.8 Å². The summed E-state index contributed by atoms with van der Waals surface area (Å²) in [5, 5.41) is 0. The molecule has 0 bridgehead atoms. The van der Waals surface area contributed by atoms with Crippen LogP contribution in [0.1, 0.15) is 69.9 Å². The number of halogens is 2. The van der Waals surface area contributed by atoms with E-state index >= 15 is 0 Å². The summed E-state index contributed by atoms with van der Waals surface area (Å²) in [5.41, 5.74) is 9.71. The summed E-state index contributed by atoms with van der Waals surface area (Å²) in [7, 11) is 0. The van der Waals surface area contributed by atoms with Gasteiger partial charge in [0.1, 0.15) is 0 Å². The molecule has 0 fully saturated rings. The monoisotopic (exact) mass is 566 g/mol. The van der Waals surface area contributed by atoms with Crippen LogP contribution in [0.4, 0.5) is 0 Å². The average Bonchev–Trinajstić information content (AvgIpc) is 3.47. The molecule has 2 aromatic rings. The first kappa shape index (κ1) is 27.3. The molecule has 34 heavy (non-hydrogen) atoms. The van der Waals surface area contributed by atoms with E-state index in [9.17, 15) is 0 Å². The Morgan fingerprint density at radius 2 is 1.44 bits per heavy atom. The van der Waals surface area contributed by atoms with Gasteiger partial charge in [-0.2, -0.15) is 0 Å². The Kier molecular flexibility index (Phi) is 10.1. The summed E-state index contributed by atoms with van der Waals surface area (Å²) in [6.07, 6.45) is 16.7. The first-order valence-electron chi connectivity index (χ1n) is 12.5. The number of rotatable bonds is 6. The quantitative estimate of drug-likeness (QED) is 0.503. The third-order valence-corrected chi connectivity index (χ3v) is 15.6. The molecule has 0 aromatic heterocycles. The van der Waals surface area contributed by atoms with Gasteiger partial charge in [0.15, 0.2) is 0 Å².